The maximum absolute atomic E-state index is 12.7. The average Bonchev–Trinajstić information content (AvgIpc) is 3.57. The Bertz CT molecular complexity index is 1430. The number of nitrogens with two attached hydrogens (primary N) is 1. The smallest absolute Gasteiger partial charge is 0.387 e. The Hall–Kier alpha value is -4.46. The van der Waals surface area contributed by atoms with Crippen LogP contribution in [0.15, 0.2) is 63.8 Å². The number of nitrogens with one attached hydrogen (secondary N) is 2. The van der Waals surface area contributed by atoms with Gasteiger partial charge < -0.3 is 15.8 Å². The van der Waals surface area contributed by atoms with E-state index in [9.17, 15) is 18.8 Å². The van der Waals surface area contributed by atoms with Gasteiger partial charge in [0.05, 0.1) is 23.6 Å². The van der Waals surface area contributed by atoms with E-state index in [0.717, 1.165) is 41.7 Å². The van der Waals surface area contributed by atoms with E-state index in [1.165, 1.54) is 17.7 Å². The molecule has 1 heterocycles. The van der Waals surface area contributed by atoms with Gasteiger partial charge in [-0.3, -0.25) is 10.1 Å². The van der Waals surface area contributed by atoms with Crippen LogP contribution in [0.2, 0.25) is 0 Å². The molecule has 0 spiro atoms. The summed E-state index contributed by atoms with van der Waals surface area (Å²) in [4.78, 5) is 17.1. The minimum absolute atomic E-state index is 0.000924. The van der Waals surface area contributed by atoms with Crippen LogP contribution in [-0.4, -0.2) is 41.8 Å². The van der Waals surface area contributed by atoms with Crippen molar-refractivity contribution >= 4 is 23.3 Å². The molecule has 4 rings (SSSR count). The van der Waals surface area contributed by atoms with Gasteiger partial charge in [-0.05, 0) is 93.3 Å². The number of nitriles is 1. The van der Waals surface area contributed by atoms with Crippen LogP contribution in [0, 0.1) is 37.1 Å². The summed E-state index contributed by atoms with van der Waals surface area (Å²) < 4.78 is 30.0. The molecule has 0 bridgehead atoms. The quantitative estimate of drug-likeness (QED) is 0.145. The van der Waals surface area contributed by atoms with Gasteiger partial charge in [-0.15, -0.1) is 0 Å². The van der Waals surface area contributed by atoms with Crippen LogP contribution in [0.4, 0.5) is 14.5 Å². The van der Waals surface area contributed by atoms with Gasteiger partial charge in [0.25, 0.3) is 5.91 Å². The zero-order valence-electron chi connectivity index (χ0n) is 23.6. The Labute approximate surface area is 238 Å². The first-order chi connectivity index (χ1) is 19.5. The highest BCUT2D eigenvalue weighted by Crippen LogP contribution is 2.37. The SMILES string of the molecule is CC(C)=C(N)C(=O)NC1CCC(C2CN(C(=Nc3cccc(OC(F)F)c3)NC#N)N=C2c2ccc(C)c(C)c2)C1. The molecule has 11 heteroatoms. The number of hydrogen-bond donors (Lipinski definition) is 3. The molecule has 0 radical (unpaired) electrons. The molecule has 0 saturated heterocycles. The van der Waals surface area contributed by atoms with E-state index in [-0.39, 0.29) is 41.2 Å². The molecule has 1 aliphatic carbocycles. The Balaban J connectivity index is 1.63. The van der Waals surface area contributed by atoms with Crippen molar-refractivity contribution in [2.75, 3.05) is 6.54 Å². The molecule has 1 saturated carbocycles. The molecule has 0 aromatic heterocycles. The third kappa shape index (κ3) is 7.20. The fraction of sp³-hybridized carbons (Fsp3) is 0.400. The fourth-order valence-corrected chi connectivity index (χ4v) is 5.25. The molecular weight excluding hydrogens is 528 g/mol. The van der Waals surface area contributed by atoms with Crippen molar-refractivity contribution in [3.63, 3.8) is 0 Å². The number of alkyl halides is 2. The first-order valence-electron chi connectivity index (χ1n) is 13.5. The molecule has 1 fully saturated rings. The summed E-state index contributed by atoms with van der Waals surface area (Å²) >= 11 is 0. The molecule has 2 aliphatic rings. The first-order valence-corrected chi connectivity index (χ1v) is 13.5. The maximum atomic E-state index is 12.7. The summed E-state index contributed by atoms with van der Waals surface area (Å²) in [6, 6.07) is 12.1. The molecule has 2 aromatic rings. The number of nitrogens with zero attached hydrogens (tertiary/aromatic N) is 4. The molecule has 4 N–H and O–H groups in total. The largest absolute Gasteiger partial charge is 0.435 e. The predicted octanol–water partition coefficient (Wildman–Crippen LogP) is 4.84. The van der Waals surface area contributed by atoms with E-state index in [1.54, 1.807) is 17.1 Å². The van der Waals surface area contributed by atoms with E-state index in [0.29, 0.717) is 12.2 Å². The Morgan fingerprint density at radius 1 is 1.20 bits per heavy atom. The number of allylic oxidation sites excluding steroid dienone is 1. The number of carbonyl (C=O) groups excluding carboxylic acids is 1. The lowest BCUT2D eigenvalue weighted by Crippen LogP contribution is -2.38. The van der Waals surface area contributed by atoms with Crippen molar-refractivity contribution in [3.8, 4) is 11.9 Å². The summed E-state index contributed by atoms with van der Waals surface area (Å²) in [6.45, 7) is 5.20. The number of aliphatic imine (C=N–C) groups is 1. The van der Waals surface area contributed by atoms with Crippen molar-refractivity contribution in [2.24, 2.45) is 27.7 Å². The standard InChI is InChI=1S/C30H35F2N7O2/c1-17(2)26(34)28(40)36-23-11-10-20(13-23)25-15-39(38-27(25)21-9-8-18(3)19(4)12-21)30(35-16-33)37-22-6-5-7-24(14-22)41-29(31)32/h5-9,12,14,20,23,25,29H,10-11,13,15,34H2,1-4H3,(H,35,37)(H,36,40). The topological polar surface area (TPSA) is 128 Å². The zero-order valence-corrected chi connectivity index (χ0v) is 23.6. The van der Waals surface area contributed by atoms with Gasteiger partial charge in [-0.1, -0.05) is 18.2 Å². The first kappa shape index (κ1) is 29.5. The lowest BCUT2D eigenvalue weighted by atomic mass is 9.84. The van der Waals surface area contributed by atoms with Crippen LogP contribution in [0.5, 0.6) is 5.75 Å². The highest BCUT2D eigenvalue weighted by Gasteiger charge is 2.40. The van der Waals surface area contributed by atoms with Gasteiger partial charge in [0.1, 0.15) is 5.75 Å². The van der Waals surface area contributed by atoms with E-state index in [2.05, 4.69) is 46.3 Å². The van der Waals surface area contributed by atoms with Crippen molar-refractivity contribution in [1.29, 1.82) is 5.26 Å². The van der Waals surface area contributed by atoms with E-state index in [1.807, 2.05) is 26.1 Å². The molecule has 3 atom stereocenters. The number of amides is 1. The highest BCUT2D eigenvalue weighted by atomic mass is 19.3. The van der Waals surface area contributed by atoms with Crippen molar-refractivity contribution in [2.45, 2.75) is 59.6 Å². The number of aryl methyl sites for hydroxylation is 2. The van der Waals surface area contributed by atoms with Gasteiger partial charge in [-0.25, -0.2) is 10.0 Å². The van der Waals surface area contributed by atoms with Gasteiger partial charge in [0.15, 0.2) is 6.19 Å². The normalized spacial score (nSPS) is 20.4. The number of rotatable bonds is 7. The lowest BCUT2D eigenvalue weighted by molar-refractivity contribution is -0.118. The molecular formula is C30H35F2N7O2. The molecule has 41 heavy (non-hydrogen) atoms. The fourth-order valence-electron chi connectivity index (χ4n) is 5.25. The number of hydrogen-bond acceptors (Lipinski definition) is 6. The van der Waals surface area contributed by atoms with Crippen LogP contribution in [0.3, 0.4) is 0 Å². The molecule has 3 unspecified atom stereocenters. The summed E-state index contributed by atoms with van der Waals surface area (Å²) in [5, 5.41) is 21.7. The van der Waals surface area contributed by atoms with E-state index >= 15 is 0 Å². The molecule has 2 aromatic carbocycles. The maximum Gasteiger partial charge on any atom is 0.387 e. The second kappa shape index (κ2) is 12.8. The Morgan fingerprint density at radius 3 is 2.66 bits per heavy atom. The number of hydrazone groups is 1. The van der Waals surface area contributed by atoms with E-state index < -0.39 is 6.61 Å². The number of carbonyl (C=O) groups is 1. The summed E-state index contributed by atoms with van der Waals surface area (Å²) in [6.07, 6.45) is 4.37. The molecule has 1 aliphatic heterocycles. The third-order valence-corrected chi connectivity index (χ3v) is 7.60. The number of halogens is 2. The number of guanidine groups is 1. The Morgan fingerprint density at radius 2 is 1.98 bits per heavy atom. The summed E-state index contributed by atoms with van der Waals surface area (Å²) in [7, 11) is 0. The van der Waals surface area contributed by atoms with Crippen LogP contribution >= 0.6 is 0 Å². The average molecular weight is 564 g/mol. The number of ether oxygens (including phenoxy) is 1. The van der Waals surface area contributed by atoms with Crippen LogP contribution in [0.1, 0.15) is 49.8 Å². The van der Waals surface area contributed by atoms with E-state index in [4.69, 9.17) is 10.8 Å². The van der Waals surface area contributed by atoms with Gasteiger partial charge >= 0.3 is 6.61 Å². The van der Waals surface area contributed by atoms with Crippen molar-refractivity contribution < 1.29 is 18.3 Å². The van der Waals surface area contributed by atoms with Crippen molar-refractivity contribution in [1.82, 2.24) is 15.6 Å². The van der Waals surface area contributed by atoms with Gasteiger partial charge in [0.2, 0.25) is 5.96 Å². The number of benzene rings is 2. The lowest BCUT2D eigenvalue weighted by Gasteiger charge is -2.22. The molecule has 1 amide bonds. The van der Waals surface area contributed by atoms with Crippen LogP contribution in [-0.2, 0) is 4.79 Å². The van der Waals surface area contributed by atoms with Crippen molar-refractivity contribution in [3.05, 3.63) is 70.4 Å². The van der Waals surface area contributed by atoms with Gasteiger partial charge in [0, 0.05) is 18.0 Å². The van der Waals surface area contributed by atoms with Crippen LogP contribution in [0.25, 0.3) is 0 Å². The highest BCUT2D eigenvalue weighted by molar-refractivity contribution is 6.05. The second-order valence-corrected chi connectivity index (χ2v) is 10.7. The summed E-state index contributed by atoms with van der Waals surface area (Å²) in [5.41, 5.74) is 11.4. The monoisotopic (exact) mass is 563 g/mol. The second-order valence-electron chi connectivity index (χ2n) is 10.7. The molecule has 216 valence electrons. The molecule has 9 nitrogen and oxygen atoms in total. The Kier molecular flexibility index (Phi) is 9.22. The van der Waals surface area contributed by atoms with Gasteiger partial charge in [-0.2, -0.15) is 19.1 Å². The van der Waals surface area contributed by atoms with Crippen LogP contribution < -0.4 is 21.1 Å². The minimum atomic E-state index is -2.96. The minimum Gasteiger partial charge on any atom is -0.435 e. The zero-order chi connectivity index (χ0) is 29.7. The third-order valence-electron chi connectivity index (χ3n) is 7.60. The summed E-state index contributed by atoms with van der Waals surface area (Å²) in [5.74, 6) is 0.0924. The predicted molar refractivity (Wildman–Crippen MR) is 153 cm³/mol.